The summed E-state index contributed by atoms with van der Waals surface area (Å²) in [5, 5.41) is 0. The van der Waals surface area contributed by atoms with Crippen LogP contribution in [0.4, 0.5) is 0 Å². The van der Waals surface area contributed by atoms with Crippen LogP contribution in [0.25, 0.3) is 0 Å². The highest BCUT2D eigenvalue weighted by Gasteiger charge is 2.11. The van der Waals surface area contributed by atoms with E-state index in [1.54, 1.807) is 0 Å². The Morgan fingerprint density at radius 3 is 2.23 bits per heavy atom. The Bertz CT molecular complexity index is 135. The summed E-state index contributed by atoms with van der Waals surface area (Å²) >= 11 is 0. The minimum absolute atomic E-state index is 0.814. The Labute approximate surface area is 84.4 Å². The fraction of sp³-hybridized carbons (Fsp3) is 0.846. The van der Waals surface area contributed by atoms with Gasteiger partial charge in [0.1, 0.15) is 0 Å². The molecule has 0 aliphatic carbocycles. The Morgan fingerprint density at radius 1 is 1.15 bits per heavy atom. The molecule has 2 unspecified atom stereocenters. The van der Waals surface area contributed by atoms with Crippen LogP contribution in [0.15, 0.2) is 12.2 Å². The minimum atomic E-state index is 0.814. The van der Waals surface area contributed by atoms with Crippen LogP contribution in [0.2, 0.25) is 0 Å². The maximum atomic E-state index is 3.97. The highest BCUT2D eigenvalue weighted by Crippen LogP contribution is 2.23. The molecule has 0 nitrogen and oxygen atoms in total. The van der Waals surface area contributed by atoms with Crippen molar-refractivity contribution in [2.24, 2.45) is 11.8 Å². The van der Waals surface area contributed by atoms with E-state index in [1.807, 2.05) is 0 Å². The van der Waals surface area contributed by atoms with Gasteiger partial charge in [0.25, 0.3) is 0 Å². The van der Waals surface area contributed by atoms with Crippen LogP contribution < -0.4 is 0 Å². The van der Waals surface area contributed by atoms with Crippen molar-refractivity contribution in [3.05, 3.63) is 12.2 Å². The van der Waals surface area contributed by atoms with Gasteiger partial charge in [-0.15, -0.1) is 6.58 Å². The topological polar surface area (TPSA) is 0 Å². The molecule has 0 aromatic heterocycles. The van der Waals surface area contributed by atoms with Crippen molar-refractivity contribution in [3.63, 3.8) is 0 Å². The molecule has 0 aromatic carbocycles. The fourth-order valence-electron chi connectivity index (χ4n) is 1.75. The van der Waals surface area contributed by atoms with Crippen LogP contribution >= 0.6 is 0 Å². The largest absolute Gasteiger partial charge is 0.100 e. The summed E-state index contributed by atoms with van der Waals surface area (Å²) in [6.45, 7) is 13.1. The monoisotopic (exact) mass is 182 g/mol. The summed E-state index contributed by atoms with van der Waals surface area (Å²) in [5.74, 6) is 1.68. The minimum Gasteiger partial charge on any atom is -0.100 e. The van der Waals surface area contributed by atoms with E-state index in [1.165, 1.54) is 37.7 Å². The predicted molar refractivity (Wildman–Crippen MR) is 61.9 cm³/mol. The van der Waals surface area contributed by atoms with Crippen molar-refractivity contribution in [2.75, 3.05) is 0 Å². The van der Waals surface area contributed by atoms with Gasteiger partial charge in [0.05, 0.1) is 0 Å². The first-order valence-electron chi connectivity index (χ1n) is 5.72. The van der Waals surface area contributed by atoms with Gasteiger partial charge in [0, 0.05) is 0 Å². The zero-order valence-electron chi connectivity index (χ0n) is 9.90. The number of allylic oxidation sites excluding steroid dienone is 1. The molecule has 0 heterocycles. The summed E-state index contributed by atoms with van der Waals surface area (Å²) in [6.07, 6.45) is 6.72. The quantitative estimate of drug-likeness (QED) is 0.392. The number of unbranched alkanes of at least 4 members (excludes halogenated alkanes) is 2. The molecule has 0 rings (SSSR count). The fourth-order valence-corrected chi connectivity index (χ4v) is 1.75. The van der Waals surface area contributed by atoms with Gasteiger partial charge in [-0.3, -0.25) is 0 Å². The SMILES string of the molecule is C=C(C)CC(C)C(C)CCCCC. The number of hydrogen-bond acceptors (Lipinski definition) is 0. The molecular formula is C13H26. The van der Waals surface area contributed by atoms with Crippen LogP contribution in [0.3, 0.4) is 0 Å². The van der Waals surface area contributed by atoms with Crippen LogP contribution in [-0.4, -0.2) is 0 Å². The van der Waals surface area contributed by atoms with E-state index in [2.05, 4.69) is 34.3 Å². The molecule has 0 aliphatic rings. The summed E-state index contributed by atoms with van der Waals surface area (Å²) in [6, 6.07) is 0. The first-order chi connectivity index (χ1) is 6.07. The van der Waals surface area contributed by atoms with E-state index in [0.717, 1.165) is 11.8 Å². The molecule has 2 atom stereocenters. The standard InChI is InChI=1S/C13H26/c1-6-7-8-9-12(4)13(5)10-11(2)3/h12-13H,2,6-10H2,1,3-5H3. The third kappa shape index (κ3) is 6.86. The molecule has 0 spiro atoms. The second kappa shape index (κ2) is 7.17. The van der Waals surface area contributed by atoms with Gasteiger partial charge in [-0.2, -0.15) is 0 Å². The van der Waals surface area contributed by atoms with Crippen molar-refractivity contribution < 1.29 is 0 Å². The smallest absolute Gasteiger partial charge is 0.0297 e. The van der Waals surface area contributed by atoms with Crippen molar-refractivity contribution in [1.29, 1.82) is 0 Å². The highest BCUT2D eigenvalue weighted by molar-refractivity contribution is 4.90. The molecule has 0 N–H and O–H groups in total. The van der Waals surface area contributed by atoms with Crippen LogP contribution in [0.5, 0.6) is 0 Å². The Balaban J connectivity index is 3.56. The second-order valence-electron chi connectivity index (χ2n) is 4.61. The Kier molecular flexibility index (Phi) is 7.03. The molecule has 0 heteroatoms. The molecule has 0 saturated carbocycles. The van der Waals surface area contributed by atoms with E-state index in [-0.39, 0.29) is 0 Å². The molecule has 78 valence electrons. The maximum Gasteiger partial charge on any atom is -0.0297 e. The lowest BCUT2D eigenvalue weighted by molar-refractivity contribution is 0.350. The normalized spacial score (nSPS) is 15.4. The van der Waals surface area contributed by atoms with E-state index in [4.69, 9.17) is 0 Å². The van der Waals surface area contributed by atoms with Crippen molar-refractivity contribution in [2.45, 2.75) is 59.8 Å². The number of hydrogen-bond donors (Lipinski definition) is 0. The summed E-state index contributed by atoms with van der Waals surface area (Å²) in [7, 11) is 0. The lowest BCUT2D eigenvalue weighted by atomic mass is 9.87. The molecule has 0 saturated heterocycles. The molecule has 13 heavy (non-hydrogen) atoms. The number of rotatable bonds is 7. The first kappa shape index (κ1) is 12.7. The molecular weight excluding hydrogens is 156 g/mol. The lowest BCUT2D eigenvalue weighted by Gasteiger charge is -2.19. The maximum absolute atomic E-state index is 3.97. The van der Waals surface area contributed by atoms with Gasteiger partial charge >= 0.3 is 0 Å². The average Bonchev–Trinajstić information content (AvgIpc) is 2.03. The van der Waals surface area contributed by atoms with Gasteiger partial charge in [-0.05, 0) is 25.2 Å². The van der Waals surface area contributed by atoms with E-state index < -0.39 is 0 Å². The van der Waals surface area contributed by atoms with Crippen LogP contribution in [0.1, 0.15) is 59.8 Å². The van der Waals surface area contributed by atoms with Crippen molar-refractivity contribution in [1.82, 2.24) is 0 Å². The van der Waals surface area contributed by atoms with E-state index in [0.29, 0.717) is 0 Å². The Hall–Kier alpha value is -0.260. The highest BCUT2D eigenvalue weighted by atomic mass is 14.2. The van der Waals surface area contributed by atoms with Crippen LogP contribution in [-0.2, 0) is 0 Å². The third-order valence-corrected chi connectivity index (χ3v) is 2.90. The second-order valence-corrected chi connectivity index (χ2v) is 4.61. The Morgan fingerprint density at radius 2 is 1.77 bits per heavy atom. The summed E-state index contributed by atoms with van der Waals surface area (Å²) in [4.78, 5) is 0. The first-order valence-corrected chi connectivity index (χ1v) is 5.72. The lowest BCUT2D eigenvalue weighted by Crippen LogP contribution is -2.08. The van der Waals surface area contributed by atoms with Crippen LogP contribution in [0, 0.1) is 11.8 Å². The predicted octanol–water partition coefficient (Wildman–Crippen LogP) is 4.81. The van der Waals surface area contributed by atoms with Gasteiger partial charge in [-0.1, -0.05) is 52.0 Å². The van der Waals surface area contributed by atoms with Crippen molar-refractivity contribution >= 4 is 0 Å². The van der Waals surface area contributed by atoms with Crippen molar-refractivity contribution in [3.8, 4) is 0 Å². The zero-order valence-corrected chi connectivity index (χ0v) is 9.90. The summed E-state index contributed by atoms with van der Waals surface area (Å²) in [5.41, 5.74) is 1.33. The third-order valence-electron chi connectivity index (χ3n) is 2.90. The molecule has 0 radical (unpaired) electrons. The van der Waals surface area contributed by atoms with Gasteiger partial charge < -0.3 is 0 Å². The van der Waals surface area contributed by atoms with E-state index in [9.17, 15) is 0 Å². The molecule has 0 fully saturated rings. The molecule has 0 aliphatic heterocycles. The molecule has 0 aromatic rings. The van der Waals surface area contributed by atoms with Gasteiger partial charge in [0.15, 0.2) is 0 Å². The van der Waals surface area contributed by atoms with E-state index >= 15 is 0 Å². The molecule has 0 bridgehead atoms. The molecule has 0 amide bonds. The average molecular weight is 182 g/mol. The van der Waals surface area contributed by atoms with Gasteiger partial charge in [0.2, 0.25) is 0 Å². The zero-order chi connectivity index (χ0) is 10.3. The van der Waals surface area contributed by atoms with Gasteiger partial charge in [-0.25, -0.2) is 0 Å². The summed E-state index contributed by atoms with van der Waals surface area (Å²) < 4.78 is 0.